The van der Waals surface area contributed by atoms with E-state index < -0.39 is 0 Å². The molecule has 3 heteroatoms. The molecule has 0 saturated carbocycles. The molecule has 2 heterocycles. The van der Waals surface area contributed by atoms with Crippen LogP contribution in [0.25, 0.3) is 0 Å². The second-order valence-electron chi connectivity index (χ2n) is 6.23. The molecular weight excluding hydrogens is 210 g/mol. The average molecular weight is 238 g/mol. The fraction of sp³-hybridized carbons (Fsp3) is 0.929. The first-order chi connectivity index (χ1) is 8.13. The van der Waals surface area contributed by atoms with Crippen LogP contribution < -0.4 is 0 Å². The van der Waals surface area contributed by atoms with Crippen LogP contribution in [-0.4, -0.2) is 73.5 Å². The van der Waals surface area contributed by atoms with Gasteiger partial charge in [0, 0.05) is 19.6 Å². The van der Waals surface area contributed by atoms with Gasteiger partial charge in [-0.1, -0.05) is 13.8 Å². The van der Waals surface area contributed by atoms with E-state index in [1.54, 1.807) is 0 Å². The molecule has 2 saturated heterocycles. The summed E-state index contributed by atoms with van der Waals surface area (Å²) in [6.07, 6.45) is 1.40. The quantitative estimate of drug-likeness (QED) is 0.676. The molecule has 0 aromatic carbocycles. The van der Waals surface area contributed by atoms with E-state index >= 15 is 0 Å². The maximum absolute atomic E-state index is 4.01. The monoisotopic (exact) mass is 238 g/mol. The molecule has 0 unspecified atom stereocenters. The maximum Gasteiger partial charge on any atom is 0.154 e. The van der Waals surface area contributed by atoms with E-state index in [0.29, 0.717) is 0 Å². The van der Waals surface area contributed by atoms with Gasteiger partial charge in [0.1, 0.15) is 6.72 Å². The van der Waals surface area contributed by atoms with Gasteiger partial charge in [-0.25, -0.2) is 4.58 Å². The summed E-state index contributed by atoms with van der Waals surface area (Å²) in [5, 5.41) is 0. The van der Waals surface area contributed by atoms with Crippen LogP contribution in [0.4, 0.5) is 0 Å². The molecule has 0 spiro atoms. The van der Waals surface area contributed by atoms with Crippen LogP contribution in [0.1, 0.15) is 20.3 Å². The van der Waals surface area contributed by atoms with Gasteiger partial charge in [0.2, 0.25) is 0 Å². The van der Waals surface area contributed by atoms with Crippen molar-refractivity contribution in [3.05, 3.63) is 0 Å². The molecule has 2 aliphatic heterocycles. The maximum atomic E-state index is 4.01. The minimum absolute atomic E-state index is 0.809. The van der Waals surface area contributed by atoms with Crippen LogP contribution in [0.15, 0.2) is 0 Å². The van der Waals surface area contributed by atoms with Gasteiger partial charge in [0.15, 0.2) is 13.1 Å². The van der Waals surface area contributed by atoms with Gasteiger partial charge in [0.05, 0.1) is 13.1 Å². The Hall–Kier alpha value is -0.410. The highest BCUT2D eigenvalue weighted by molar-refractivity contribution is 5.14. The summed E-state index contributed by atoms with van der Waals surface area (Å²) in [6.45, 7) is 18.6. The number of hydrogen-bond donors (Lipinski definition) is 0. The molecule has 0 aliphatic carbocycles. The van der Waals surface area contributed by atoms with Crippen LogP contribution >= 0.6 is 0 Å². The van der Waals surface area contributed by atoms with Crippen LogP contribution in [0, 0.1) is 11.8 Å². The topological polar surface area (TPSA) is 9.49 Å². The van der Waals surface area contributed by atoms with Crippen LogP contribution in [-0.2, 0) is 0 Å². The minimum Gasteiger partial charge on any atom is -0.303 e. The second-order valence-corrected chi connectivity index (χ2v) is 6.23. The smallest absolute Gasteiger partial charge is 0.154 e. The Labute approximate surface area is 106 Å². The fourth-order valence-corrected chi connectivity index (χ4v) is 3.08. The minimum atomic E-state index is 0.809. The standard InChI is InChI=1S/C14H28N3/c1-13(2)10-17-5-4-14(12-17)11-16-8-6-15(3)7-9-16/h13-14H,3-12H2,1-2H3/q+1/t14-/m1/s1. The molecule has 2 rings (SSSR count). The van der Waals surface area contributed by atoms with Gasteiger partial charge in [-0.2, -0.15) is 0 Å². The molecule has 0 amide bonds. The van der Waals surface area contributed by atoms with E-state index in [1.165, 1.54) is 45.7 Å². The first-order valence-electron chi connectivity index (χ1n) is 7.13. The summed E-state index contributed by atoms with van der Waals surface area (Å²) in [5.41, 5.74) is 0. The summed E-state index contributed by atoms with van der Waals surface area (Å²) < 4.78 is 2.19. The second kappa shape index (κ2) is 5.96. The SMILES string of the molecule is C=[N+]1CCN(C[C@H]2CCN(CC(C)C)C2)CC1. The van der Waals surface area contributed by atoms with E-state index in [2.05, 4.69) is 34.9 Å². The Morgan fingerprint density at radius 1 is 1.18 bits per heavy atom. The first kappa shape index (κ1) is 13.0. The normalized spacial score (nSPS) is 28.2. The molecule has 2 aliphatic rings. The van der Waals surface area contributed by atoms with Crippen LogP contribution in [0.2, 0.25) is 0 Å². The largest absolute Gasteiger partial charge is 0.303 e. The average Bonchev–Trinajstić information content (AvgIpc) is 2.68. The number of rotatable bonds is 4. The number of piperazine rings is 1. The molecule has 0 aromatic rings. The Kier molecular flexibility index (Phi) is 4.57. The first-order valence-corrected chi connectivity index (χ1v) is 7.13. The molecule has 17 heavy (non-hydrogen) atoms. The van der Waals surface area contributed by atoms with Crippen molar-refractivity contribution in [3.63, 3.8) is 0 Å². The van der Waals surface area contributed by atoms with Crippen molar-refractivity contribution < 1.29 is 4.58 Å². The molecule has 3 nitrogen and oxygen atoms in total. The molecule has 0 bridgehead atoms. The van der Waals surface area contributed by atoms with Crippen molar-refractivity contribution in [1.82, 2.24) is 9.80 Å². The summed E-state index contributed by atoms with van der Waals surface area (Å²) in [7, 11) is 0. The van der Waals surface area contributed by atoms with Gasteiger partial charge in [0.25, 0.3) is 0 Å². The lowest BCUT2D eigenvalue weighted by Gasteiger charge is -2.27. The van der Waals surface area contributed by atoms with E-state index in [9.17, 15) is 0 Å². The van der Waals surface area contributed by atoms with Crippen molar-refractivity contribution in [1.29, 1.82) is 0 Å². The van der Waals surface area contributed by atoms with Crippen molar-refractivity contribution in [3.8, 4) is 0 Å². The molecule has 0 aromatic heterocycles. The van der Waals surface area contributed by atoms with Gasteiger partial charge in [-0.3, -0.25) is 4.90 Å². The Bertz CT molecular complexity index is 252. The van der Waals surface area contributed by atoms with Crippen molar-refractivity contribution in [2.75, 3.05) is 52.4 Å². The predicted octanol–water partition coefficient (Wildman–Crippen LogP) is 0.993. The zero-order valence-electron chi connectivity index (χ0n) is 11.6. The molecular formula is C14H28N3+. The Morgan fingerprint density at radius 2 is 1.88 bits per heavy atom. The van der Waals surface area contributed by atoms with Gasteiger partial charge < -0.3 is 4.90 Å². The number of nitrogens with zero attached hydrogens (tertiary/aromatic N) is 3. The zero-order chi connectivity index (χ0) is 12.3. The highest BCUT2D eigenvalue weighted by atomic mass is 15.2. The summed E-state index contributed by atoms with van der Waals surface area (Å²) in [5.74, 6) is 1.72. The summed E-state index contributed by atoms with van der Waals surface area (Å²) in [4.78, 5) is 5.28. The van der Waals surface area contributed by atoms with Gasteiger partial charge >= 0.3 is 0 Å². The van der Waals surface area contributed by atoms with Crippen molar-refractivity contribution >= 4 is 6.72 Å². The fourth-order valence-electron chi connectivity index (χ4n) is 3.08. The molecule has 1 atom stereocenters. The summed E-state index contributed by atoms with van der Waals surface area (Å²) in [6, 6.07) is 0. The lowest BCUT2D eigenvalue weighted by atomic mass is 10.1. The third kappa shape index (κ3) is 4.07. The number of likely N-dealkylation sites (tertiary alicyclic amines) is 1. The number of hydrogen-bond acceptors (Lipinski definition) is 2. The highest BCUT2D eigenvalue weighted by Gasteiger charge is 2.26. The Balaban J connectivity index is 1.69. The molecule has 0 N–H and O–H groups in total. The van der Waals surface area contributed by atoms with Crippen molar-refractivity contribution in [2.45, 2.75) is 20.3 Å². The van der Waals surface area contributed by atoms with E-state index in [0.717, 1.165) is 24.9 Å². The van der Waals surface area contributed by atoms with E-state index in [-0.39, 0.29) is 0 Å². The third-order valence-corrected chi connectivity index (χ3v) is 3.97. The van der Waals surface area contributed by atoms with Crippen LogP contribution in [0.3, 0.4) is 0 Å². The summed E-state index contributed by atoms with van der Waals surface area (Å²) >= 11 is 0. The van der Waals surface area contributed by atoms with E-state index in [4.69, 9.17) is 0 Å². The highest BCUT2D eigenvalue weighted by Crippen LogP contribution is 2.18. The molecule has 2 fully saturated rings. The lowest BCUT2D eigenvalue weighted by molar-refractivity contribution is -0.531. The van der Waals surface area contributed by atoms with Crippen LogP contribution in [0.5, 0.6) is 0 Å². The van der Waals surface area contributed by atoms with Gasteiger partial charge in [-0.05, 0) is 24.8 Å². The zero-order valence-corrected chi connectivity index (χ0v) is 11.6. The lowest BCUT2D eigenvalue weighted by Crippen LogP contribution is -2.43. The Morgan fingerprint density at radius 3 is 2.53 bits per heavy atom. The van der Waals surface area contributed by atoms with Crippen molar-refractivity contribution in [2.24, 2.45) is 11.8 Å². The molecule has 98 valence electrons. The van der Waals surface area contributed by atoms with E-state index in [1.807, 2.05) is 0 Å². The predicted molar refractivity (Wildman–Crippen MR) is 72.9 cm³/mol. The third-order valence-electron chi connectivity index (χ3n) is 3.97. The van der Waals surface area contributed by atoms with Gasteiger partial charge in [-0.15, -0.1) is 0 Å². The molecule has 0 radical (unpaired) electrons.